The Labute approximate surface area is 129 Å². The Balaban J connectivity index is 2.35. The highest BCUT2D eigenvalue weighted by molar-refractivity contribution is 9.10. The van der Waals surface area contributed by atoms with Crippen molar-refractivity contribution in [3.8, 4) is 0 Å². The molecule has 108 valence electrons. The third kappa shape index (κ3) is 2.17. The largest absolute Gasteiger partial charge is 0.397 e. The van der Waals surface area contributed by atoms with Gasteiger partial charge >= 0.3 is 0 Å². The van der Waals surface area contributed by atoms with Gasteiger partial charge in [-0.25, -0.2) is 0 Å². The molecule has 2 aromatic carbocycles. The van der Waals surface area contributed by atoms with E-state index in [2.05, 4.69) is 15.9 Å². The zero-order valence-electron chi connectivity index (χ0n) is 10.6. The van der Waals surface area contributed by atoms with Crippen LogP contribution in [0.25, 0.3) is 0 Å². The molecule has 3 N–H and O–H groups in total. The number of nitrogens with two attached hydrogens (primary N) is 1. The molecule has 21 heavy (non-hydrogen) atoms. The summed E-state index contributed by atoms with van der Waals surface area (Å²) in [6.45, 7) is 0. The fourth-order valence-corrected chi connectivity index (χ4v) is 3.92. The van der Waals surface area contributed by atoms with Gasteiger partial charge in [0, 0.05) is 16.5 Å². The van der Waals surface area contributed by atoms with Gasteiger partial charge in [-0.15, -0.1) is 0 Å². The molecule has 0 atom stereocenters. The minimum Gasteiger partial charge on any atom is -0.397 e. The minimum absolute atomic E-state index is 0.135. The van der Waals surface area contributed by atoms with E-state index >= 15 is 0 Å². The van der Waals surface area contributed by atoms with Crippen LogP contribution in [0.1, 0.15) is 27.0 Å². The maximum absolute atomic E-state index is 12.6. The number of hydrogen-bond acceptors (Lipinski definition) is 4. The number of hydrogen-bond donors (Lipinski definition) is 2. The summed E-state index contributed by atoms with van der Waals surface area (Å²) >= 11 is 3.26. The SMILES string of the molecule is Nc1c(S(=O)(=O)O)cc(Br)c2c1C(=O)c1ccccc1C2. The molecule has 5 nitrogen and oxygen atoms in total. The van der Waals surface area contributed by atoms with Gasteiger partial charge in [-0.1, -0.05) is 40.2 Å². The van der Waals surface area contributed by atoms with Gasteiger partial charge in [0.25, 0.3) is 10.1 Å². The van der Waals surface area contributed by atoms with E-state index in [-0.39, 0.29) is 17.0 Å². The van der Waals surface area contributed by atoms with Gasteiger partial charge in [-0.2, -0.15) is 8.42 Å². The number of carbonyl (C=O) groups is 1. The number of anilines is 1. The molecule has 0 aliphatic heterocycles. The number of halogens is 1. The summed E-state index contributed by atoms with van der Waals surface area (Å²) in [5, 5.41) is 0. The van der Waals surface area contributed by atoms with Crippen molar-refractivity contribution in [3.05, 3.63) is 57.1 Å². The molecule has 1 aliphatic carbocycles. The Kier molecular flexibility index (Phi) is 3.16. The fraction of sp³-hybridized carbons (Fsp3) is 0.0714. The van der Waals surface area contributed by atoms with E-state index in [1.807, 2.05) is 12.1 Å². The molecule has 2 aromatic rings. The van der Waals surface area contributed by atoms with Gasteiger partial charge in [0.1, 0.15) is 4.90 Å². The number of fused-ring (bicyclic) bond motifs is 2. The first kappa shape index (κ1) is 14.2. The molecule has 0 fully saturated rings. The van der Waals surface area contributed by atoms with E-state index in [1.165, 1.54) is 6.07 Å². The van der Waals surface area contributed by atoms with Crippen molar-refractivity contribution in [2.24, 2.45) is 0 Å². The molecule has 0 aromatic heterocycles. The molecular weight excluding hydrogens is 358 g/mol. The lowest BCUT2D eigenvalue weighted by atomic mass is 9.84. The standard InChI is InChI=1S/C14H10BrNO4S/c15-10-6-11(21(18,19)20)13(16)12-9(10)5-7-3-1-2-4-8(7)14(12)17/h1-4,6H,5,16H2,(H,18,19,20). The van der Waals surface area contributed by atoms with Crippen LogP contribution >= 0.6 is 15.9 Å². The van der Waals surface area contributed by atoms with Crippen molar-refractivity contribution >= 4 is 37.5 Å². The van der Waals surface area contributed by atoms with Crippen molar-refractivity contribution in [1.29, 1.82) is 0 Å². The summed E-state index contributed by atoms with van der Waals surface area (Å²) in [5.74, 6) is -0.337. The highest BCUT2D eigenvalue weighted by atomic mass is 79.9. The van der Waals surface area contributed by atoms with Crippen LogP contribution in [0.2, 0.25) is 0 Å². The molecule has 3 rings (SSSR count). The minimum atomic E-state index is -4.50. The molecular formula is C14H10BrNO4S. The first-order chi connectivity index (χ1) is 9.80. The van der Waals surface area contributed by atoms with Crippen LogP contribution in [-0.2, 0) is 16.5 Å². The molecule has 0 radical (unpaired) electrons. The molecule has 0 spiro atoms. The van der Waals surface area contributed by atoms with Crippen molar-refractivity contribution < 1.29 is 17.8 Å². The smallest absolute Gasteiger partial charge is 0.296 e. The lowest BCUT2D eigenvalue weighted by molar-refractivity contribution is 0.103. The van der Waals surface area contributed by atoms with E-state index in [1.54, 1.807) is 12.1 Å². The van der Waals surface area contributed by atoms with Crippen LogP contribution in [0, 0.1) is 0 Å². The van der Waals surface area contributed by atoms with Crippen LogP contribution in [0.5, 0.6) is 0 Å². The normalized spacial score (nSPS) is 13.7. The van der Waals surface area contributed by atoms with Crippen molar-refractivity contribution in [2.45, 2.75) is 11.3 Å². The predicted octanol–water partition coefficient (Wildman–Crippen LogP) is 2.41. The second kappa shape index (κ2) is 4.66. The van der Waals surface area contributed by atoms with Gasteiger partial charge in [0.2, 0.25) is 0 Å². The van der Waals surface area contributed by atoms with Crippen LogP contribution < -0.4 is 5.73 Å². The zero-order chi connectivity index (χ0) is 15.4. The molecule has 7 heteroatoms. The van der Waals surface area contributed by atoms with Crippen molar-refractivity contribution in [1.82, 2.24) is 0 Å². The Morgan fingerprint density at radius 3 is 2.57 bits per heavy atom. The Morgan fingerprint density at radius 2 is 1.90 bits per heavy atom. The average molecular weight is 368 g/mol. The Bertz CT molecular complexity index is 890. The zero-order valence-corrected chi connectivity index (χ0v) is 13.0. The fourth-order valence-electron chi connectivity index (χ4n) is 2.55. The van der Waals surface area contributed by atoms with Crippen molar-refractivity contribution in [3.63, 3.8) is 0 Å². The van der Waals surface area contributed by atoms with Gasteiger partial charge in [-0.3, -0.25) is 9.35 Å². The Morgan fingerprint density at radius 1 is 1.24 bits per heavy atom. The summed E-state index contributed by atoms with van der Waals surface area (Å²) in [5.41, 5.74) is 7.73. The highest BCUT2D eigenvalue weighted by Gasteiger charge is 2.30. The summed E-state index contributed by atoms with van der Waals surface area (Å²) in [6.07, 6.45) is 0.466. The van der Waals surface area contributed by atoms with Gasteiger partial charge in [0.05, 0.1) is 11.3 Å². The molecule has 0 unspecified atom stereocenters. The quantitative estimate of drug-likeness (QED) is 0.508. The molecule has 1 aliphatic rings. The molecule has 0 saturated heterocycles. The molecule has 0 bridgehead atoms. The van der Waals surface area contributed by atoms with Crippen molar-refractivity contribution in [2.75, 3.05) is 5.73 Å². The predicted molar refractivity (Wildman–Crippen MR) is 81.0 cm³/mol. The monoisotopic (exact) mass is 367 g/mol. The first-order valence-electron chi connectivity index (χ1n) is 6.01. The van der Waals surface area contributed by atoms with Crippen LogP contribution in [0.4, 0.5) is 5.69 Å². The number of rotatable bonds is 1. The van der Waals surface area contributed by atoms with Crippen LogP contribution in [0.15, 0.2) is 39.7 Å². The van der Waals surface area contributed by atoms with Gasteiger partial charge in [0.15, 0.2) is 5.78 Å². The average Bonchev–Trinajstić information content (AvgIpc) is 2.41. The number of benzene rings is 2. The van der Waals surface area contributed by atoms with E-state index in [0.717, 1.165) is 5.56 Å². The van der Waals surface area contributed by atoms with Gasteiger partial charge in [-0.05, 0) is 17.2 Å². The number of carbonyl (C=O) groups excluding carboxylic acids is 1. The summed E-state index contributed by atoms with van der Waals surface area (Å²) in [4.78, 5) is 12.1. The third-order valence-electron chi connectivity index (χ3n) is 3.52. The lowest BCUT2D eigenvalue weighted by Crippen LogP contribution is -2.19. The maximum Gasteiger partial charge on any atom is 0.296 e. The highest BCUT2D eigenvalue weighted by Crippen LogP contribution is 2.38. The lowest BCUT2D eigenvalue weighted by Gasteiger charge is -2.22. The Hall–Kier alpha value is -1.70. The number of ketones is 1. The summed E-state index contributed by atoms with van der Waals surface area (Å²) in [6, 6.07) is 8.31. The van der Waals surface area contributed by atoms with E-state index in [4.69, 9.17) is 5.73 Å². The van der Waals surface area contributed by atoms with E-state index in [9.17, 15) is 17.8 Å². The second-order valence-corrected chi connectivity index (χ2v) is 7.01. The molecule has 0 amide bonds. The summed E-state index contributed by atoms with van der Waals surface area (Å²) < 4.78 is 32.4. The topological polar surface area (TPSA) is 97.5 Å². The van der Waals surface area contributed by atoms with Crippen LogP contribution in [-0.4, -0.2) is 18.8 Å². The molecule has 0 heterocycles. The van der Waals surface area contributed by atoms with E-state index in [0.29, 0.717) is 22.0 Å². The second-order valence-electron chi connectivity index (χ2n) is 4.76. The maximum atomic E-state index is 12.6. The van der Waals surface area contributed by atoms with E-state index < -0.39 is 15.0 Å². The first-order valence-corrected chi connectivity index (χ1v) is 8.25. The van der Waals surface area contributed by atoms with Gasteiger partial charge < -0.3 is 5.73 Å². The number of nitrogen functional groups attached to an aromatic ring is 1. The summed E-state index contributed by atoms with van der Waals surface area (Å²) in [7, 11) is -4.50. The molecule has 0 saturated carbocycles. The third-order valence-corrected chi connectivity index (χ3v) is 5.12. The van der Waals surface area contributed by atoms with Crippen LogP contribution in [0.3, 0.4) is 0 Å².